The molecule has 0 heterocycles. The Bertz CT molecular complexity index is 135. The van der Waals surface area contributed by atoms with Crippen LogP contribution in [0.1, 0.15) is 33.6 Å². The lowest BCUT2D eigenvalue weighted by molar-refractivity contribution is -0.122. The molecule has 0 aromatic heterocycles. The van der Waals surface area contributed by atoms with Crippen molar-refractivity contribution in [2.24, 2.45) is 5.92 Å². The van der Waals surface area contributed by atoms with Crippen molar-refractivity contribution in [3.8, 4) is 0 Å². The van der Waals surface area contributed by atoms with Gasteiger partial charge in [-0.3, -0.25) is 4.79 Å². The largest absolute Gasteiger partial charge is 0.381 e. The number of carbonyl (C=O) groups excluding carboxylic acids is 1. The minimum absolute atomic E-state index is 0.0760. The molecule has 0 unspecified atom stereocenters. The van der Waals surface area contributed by atoms with Gasteiger partial charge in [-0.15, -0.1) is 0 Å². The number of carbonyl (C=O) groups is 1. The average Bonchev–Trinajstić information content (AvgIpc) is 2.03. The molecule has 0 saturated heterocycles. The molecular weight excluding hydrogens is 166 g/mol. The minimum Gasteiger partial charge on any atom is -0.381 e. The van der Waals surface area contributed by atoms with Crippen LogP contribution in [0.2, 0.25) is 0 Å². The normalized spacial score (nSPS) is 10.5. The molecule has 1 N–H and O–H groups in total. The number of hydrogen-bond donors (Lipinski definition) is 1. The van der Waals surface area contributed by atoms with Crippen molar-refractivity contribution in [1.29, 1.82) is 0 Å². The zero-order valence-corrected chi connectivity index (χ0v) is 8.93. The van der Waals surface area contributed by atoms with E-state index in [1.54, 1.807) is 0 Å². The van der Waals surface area contributed by atoms with Crippen molar-refractivity contribution < 1.29 is 9.53 Å². The maximum absolute atomic E-state index is 10.9. The van der Waals surface area contributed by atoms with Gasteiger partial charge in [-0.2, -0.15) is 0 Å². The van der Waals surface area contributed by atoms with Crippen LogP contribution < -0.4 is 5.32 Å². The molecule has 1 amide bonds. The summed E-state index contributed by atoms with van der Waals surface area (Å²) >= 11 is 0. The van der Waals surface area contributed by atoms with Crippen molar-refractivity contribution in [1.82, 2.24) is 5.32 Å². The minimum atomic E-state index is 0.0760. The highest BCUT2D eigenvalue weighted by molar-refractivity contribution is 5.75. The molecule has 0 aliphatic rings. The molecule has 0 fully saturated rings. The molecule has 0 radical (unpaired) electrons. The van der Waals surface area contributed by atoms with Crippen molar-refractivity contribution in [3.63, 3.8) is 0 Å². The fraction of sp³-hybridized carbons (Fsp3) is 0.900. The van der Waals surface area contributed by atoms with Crippen LogP contribution in [0.15, 0.2) is 0 Å². The second-order valence-corrected chi connectivity index (χ2v) is 3.50. The highest BCUT2D eigenvalue weighted by Gasteiger charge is 1.99. The molecule has 0 bridgehead atoms. The van der Waals surface area contributed by atoms with Gasteiger partial charge in [-0.25, -0.2) is 0 Å². The van der Waals surface area contributed by atoms with Crippen molar-refractivity contribution in [3.05, 3.63) is 0 Å². The first-order valence-corrected chi connectivity index (χ1v) is 5.01. The van der Waals surface area contributed by atoms with E-state index in [2.05, 4.69) is 19.2 Å². The van der Waals surface area contributed by atoms with Gasteiger partial charge in [-0.1, -0.05) is 13.8 Å². The third kappa shape index (κ3) is 9.34. The van der Waals surface area contributed by atoms with Gasteiger partial charge >= 0.3 is 0 Å². The van der Waals surface area contributed by atoms with Crippen molar-refractivity contribution in [2.75, 3.05) is 19.8 Å². The van der Waals surface area contributed by atoms with E-state index in [-0.39, 0.29) is 5.91 Å². The van der Waals surface area contributed by atoms with Crippen LogP contribution >= 0.6 is 0 Å². The van der Waals surface area contributed by atoms with Crippen LogP contribution in [-0.2, 0) is 9.53 Å². The zero-order chi connectivity index (χ0) is 10.1. The van der Waals surface area contributed by atoms with Gasteiger partial charge in [0.1, 0.15) is 0 Å². The lowest BCUT2D eigenvalue weighted by Gasteiger charge is -2.06. The smallest absolute Gasteiger partial charge is 0.222 e. The van der Waals surface area contributed by atoms with Crippen LogP contribution in [0, 0.1) is 5.92 Å². The summed E-state index contributed by atoms with van der Waals surface area (Å²) in [6, 6.07) is 0. The Morgan fingerprint density at radius 3 is 2.62 bits per heavy atom. The Labute approximate surface area is 80.8 Å². The number of ether oxygens (including phenoxy) is 1. The molecule has 0 saturated carbocycles. The summed E-state index contributed by atoms with van der Waals surface area (Å²) in [6.45, 7) is 8.23. The van der Waals surface area contributed by atoms with E-state index < -0.39 is 0 Å². The summed E-state index contributed by atoms with van der Waals surface area (Å²) in [7, 11) is 0. The van der Waals surface area contributed by atoms with E-state index in [0.29, 0.717) is 25.5 Å². The molecule has 0 aliphatic heterocycles. The third-order valence-electron chi connectivity index (χ3n) is 1.69. The lowest BCUT2D eigenvalue weighted by Crippen LogP contribution is -2.23. The zero-order valence-electron chi connectivity index (χ0n) is 8.93. The highest BCUT2D eigenvalue weighted by Crippen LogP contribution is 1.98. The molecule has 13 heavy (non-hydrogen) atoms. The van der Waals surface area contributed by atoms with Crippen LogP contribution in [0.3, 0.4) is 0 Å². The quantitative estimate of drug-likeness (QED) is 0.614. The standard InChI is InChI=1S/C10H21NO2/c1-4-11-10(12)6-8-13-7-5-9(2)3/h9H,4-8H2,1-3H3,(H,11,12). The molecule has 0 aliphatic carbocycles. The maximum atomic E-state index is 10.9. The monoisotopic (exact) mass is 187 g/mol. The number of hydrogen-bond acceptors (Lipinski definition) is 2. The van der Waals surface area contributed by atoms with E-state index in [1.807, 2.05) is 6.92 Å². The molecule has 0 rings (SSSR count). The van der Waals surface area contributed by atoms with Gasteiger partial charge in [0, 0.05) is 19.6 Å². The Morgan fingerprint density at radius 1 is 1.38 bits per heavy atom. The summed E-state index contributed by atoms with van der Waals surface area (Å²) in [6.07, 6.45) is 1.54. The predicted octanol–water partition coefficient (Wildman–Crippen LogP) is 1.58. The second kappa shape index (κ2) is 8.05. The van der Waals surface area contributed by atoms with Gasteiger partial charge in [0.2, 0.25) is 5.91 Å². The topological polar surface area (TPSA) is 38.3 Å². The molecular formula is C10H21NO2. The van der Waals surface area contributed by atoms with Gasteiger partial charge in [0.15, 0.2) is 0 Å². The first-order chi connectivity index (χ1) is 6.16. The Hall–Kier alpha value is -0.570. The van der Waals surface area contributed by atoms with E-state index in [1.165, 1.54) is 0 Å². The van der Waals surface area contributed by atoms with E-state index in [4.69, 9.17) is 4.74 Å². The predicted molar refractivity (Wildman–Crippen MR) is 53.6 cm³/mol. The van der Waals surface area contributed by atoms with Gasteiger partial charge in [0.05, 0.1) is 6.61 Å². The van der Waals surface area contributed by atoms with E-state index in [9.17, 15) is 4.79 Å². The highest BCUT2D eigenvalue weighted by atomic mass is 16.5. The molecule has 0 aromatic rings. The van der Waals surface area contributed by atoms with Gasteiger partial charge < -0.3 is 10.1 Å². The number of rotatable bonds is 7. The summed E-state index contributed by atoms with van der Waals surface area (Å²) in [4.78, 5) is 10.9. The molecule has 3 nitrogen and oxygen atoms in total. The van der Waals surface area contributed by atoms with Crippen LogP contribution in [-0.4, -0.2) is 25.7 Å². The first-order valence-electron chi connectivity index (χ1n) is 5.01. The van der Waals surface area contributed by atoms with E-state index in [0.717, 1.165) is 13.0 Å². The van der Waals surface area contributed by atoms with Gasteiger partial charge in [-0.05, 0) is 19.3 Å². The molecule has 78 valence electrons. The summed E-state index contributed by atoms with van der Waals surface area (Å²) in [5.41, 5.74) is 0. The second-order valence-electron chi connectivity index (χ2n) is 3.50. The third-order valence-corrected chi connectivity index (χ3v) is 1.69. The summed E-state index contributed by atoms with van der Waals surface area (Å²) in [5, 5.41) is 2.73. The first kappa shape index (κ1) is 12.4. The van der Waals surface area contributed by atoms with E-state index >= 15 is 0 Å². The Balaban J connectivity index is 3.11. The molecule has 0 spiro atoms. The molecule has 3 heteroatoms. The lowest BCUT2D eigenvalue weighted by atomic mass is 10.1. The number of amides is 1. The summed E-state index contributed by atoms with van der Waals surface area (Å²) in [5.74, 6) is 0.747. The van der Waals surface area contributed by atoms with Crippen LogP contribution in [0.25, 0.3) is 0 Å². The molecule has 0 aromatic carbocycles. The number of nitrogens with one attached hydrogen (secondary N) is 1. The maximum Gasteiger partial charge on any atom is 0.222 e. The SMILES string of the molecule is CCNC(=O)CCOCCC(C)C. The fourth-order valence-electron chi connectivity index (χ4n) is 0.872. The van der Waals surface area contributed by atoms with Crippen molar-refractivity contribution >= 4 is 5.91 Å². The Kier molecular flexibility index (Phi) is 7.69. The Morgan fingerprint density at radius 2 is 2.08 bits per heavy atom. The average molecular weight is 187 g/mol. The van der Waals surface area contributed by atoms with Crippen LogP contribution in [0.5, 0.6) is 0 Å². The van der Waals surface area contributed by atoms with Crippen LogP contribution in [0.4, 0.5) is 0 Å². The van der Waals surface area contributed by atoms with Gasteiger partial charge in [0.25, 0.3) is 0 Å². The van der Waals surface area contributed by atoms with Crippen molar-refractivity contribution in [2.45, 2.75) is 33.6 Å². The summed E-state index contributed by atoms with van der Waals surface area (Å²) < 4.78 is 5.30. The molecule has 0 atom stereocenters. The fourth-order valence-corrected chi connectivity index (χ4v) is 0.872.